The molecule has 0 saturated carbocycles. The monoisotopic (exact) mass is 277 g/mol. The van der Waals surface area contributed by atoms with Gasteiger partial charge in [-0.05, 0) is 39.7 Å². The van der Waals surface area contributed by atoms with Crippen molar-refractivity contribution in [1.82, 2.24) is 15.0 Å². The molecule has 112 valence electrons. The van der Waals surface area contributed by atoms with Crippen LogP contribution in [-0.2, 0) is 6.54 Å². The normalized spacial score (nSPS) is 28.6. The predicted molar refractivity (Wildman–Crippen MR) is 79.7 cm³/mol. The average Bonchev–Trinajstić information content (AvgIpc) is 2.78. The highest BCUT2D eigenvalue weighted by Crippen LogP contribution is 2.27. The van der Waals surface area contributed by atoms with Gasteiger partial charge in [-0.1, -0.05) is 18.5 Å². The summed E-state index contributed by atoms with van der Waals surface area (Å²) in [5.74, 6) is 0.989. The SMILES string of the molecule is CCC1CN2CCCCC2CN1Cc1c(C)noc1C. The molecule has 20 heavy (non-hydrogen) atoms. The molecule has 3 rings (SSSR count). The third-order valence-corrected chi connectivity index (χ3v) is 5.17. The highest BCUT2D eigenvalue weighted by molar-refractivity contribution is 5.21. The maximum atomic E-state index is 5.33. The van der Waals surface area contributed by atoms with E-state index in [1.54, 1.807) is 0 Å². The van der Waals surface area contributed by atoms with Crippen molar-refractivity contribution in [2.75, 3.05) is 19.6 Å². The fourth-order valence-corrected chi connectivity index (χ4v) is 3.82. The Balaban J connectivity index is 1.74. The van der Waals surface area contributed by atoms with Gasteiger partial charge in [0, 0.05) is 37.3 Å². The van der Waals surface area contributed by atoms with Crippen LogP contribution in [0.3, 0.4) is 0 Å². The maximum Gasteiger partial charge on any atom is 0.138 e. The number of nitrogens with zero attached hydrogens (tertiary/aromatic N) is 3. The van der Waals surface area contributed by atoms with Gasteiger partial charge in [0.25, 0.3) is 0 Å². The summed E-state index contributed by atoms with van der Waals surface area (Å²) in [6, 6.07) is 1.45. The number of piperazine rings is 1. The van der Waals surface area contributed by atoms with Crippen molar-refractivity contribution in [3.05, 3.63) is 17.0 Å². The van der Waals surface area contributed by atoms with E-state index in [1.807, 2.05) is 6.92 Å². The quantitative estimate of drug-likeness (QED) is 0.850. The molecule has 1 aromatic heterocycles. The molecule has 1 aromatic rings. The Morgan fingerprint density at radius 2 is 2.10 bits per heavy atom. The molecule has 2 atom stereocenters. The number of hydrogen-bond donors (Lipinski definition) is 0. The second kappa shape index (κ2) is 5.86. The molecule has 2 fully saturated rings. The summed E-state index contributed by atoms with van der Waals surface area (Å²) in [5, 5.41) is 4.10. The minimum absolute atomic E-state index is 0.679. The van der Waals surface area contributed by atoms with Gasteiger partial charge >= 0.3 is 0 Å². The van der Waals surface area contributed by atoms with Gasteiger partial charge in [-0.25, -0.2) is 0 Å². The Bertz CT molecular complexity index is 437. The third-order valence-electron chi connectivity index (χ3n) is 5.17. The van der Waals surface area contributed by atoms with Crippen molar-refractivity contribution in [3.63, 3.8) is 0 Å². The highest BCUT2D eigenvalue weighted by atomic mass is 16.5. The number of rotatable bonds is 3. The first kappa shape index (κ1) is 14.1. The van der Waals surface area contributed by atoms with Crippen LogP contribution in [0.5, 0.6) is 0 Å². The fourth-order valence-electron chi connectivity index (χ4n) is 3.82. The minimum Gasteiger partial charge on any atom is -0.361 e. The summed E-state index contributed by atoms with van der Waals surface area (Å²) >= 11 is 0. The van der Waals surface area contributed by atoms with E-state index >= 15 is 0 Å². The van der Waals surface area contributed by atoms with Crippen LogP contribution in [0, 0.1) is 13.8 Å². The molecule has 2 saturated heterocycles. The van der Waals surface area contributed by atoms with Gasteiger partial charge in [0.2, 0.25) is 0 Å². The van der Waals surface area contributed by atoms with Crippen molar-refractivity contribution < 1.29 is 4.52 Å². The second-order valence-corrected chi connectivity index (χ2v) is 6.44. The van der Waals surface area contributed by atoms with E-state index in [0.29, 0.717) is 6.04 Å². The highest BCUT2D eigenvalue weighted by Gasteiger charge is 2.34. The zero-order valence-electron chi connectivity index (χ0n) is 13.1. The van der Waals surface area contributed by atoms with Gasteiger partial charge < -0.3 is 4.52 Å². The Hall–Kier alpha value is -0.870. The van der Waals surface area contributed by atoms with Crippen LogP contribution in [0.2, 0.25) is 0 Å². The minimum atomic E-state index is 0.679. The van der Waals surface area contributed by atoms with Crippen LogP contribution in [0.4, 0.5) is 0 Å². The third kappa shape index (κ3) is 2.63. The summed E-state index contributed by atoms with van der Waals surface area (Å²) < 4.78 is 5.33. The number of aromatic nitrogens is 1. The van der Waals surface area contributed by atoms with E-state index in [0.717, 1.165) is 24.0 Å². The molecule has 0 radical (unpaired) electrons. The van der Waals surface area contributed by atoms with Crippen LogP contribution >= 0.6 is 0 Å². The lowest BCUT2D eigenvalue weighted by Crippen LogP contribution is -2.59. The first-order valence-corrected chi connectivity index (χ1v) is 8.09. The summed E-state index contributed by atoms with van der Waals surface area (Å²) in [4.78, 5) is 5.39. The van der Waals surface area contributed by atoms with E-state index in [-0.39, 0.29) is 0 Å². The van der Waals surface area contributed by atoms with E-state index in [2.05, 4.69) is 28.8 Å². The van der Waals surface area contributed by atoms with Crippen LogP contribution in [0.15, 0.2) is 4.52 Å². The predicted octanol–water partition coefficient (Wildman–Crippen LogP) is 2.74. The molecule has 0 aliphatic carbocycles. The summed E-state index contributed by atoms with van der Waals surface area (Å²) in [6.07, 6.45) is 5.38. The van der Waals surface area contributed by atoms with E-state index in [4.69, 9.17) is 4.52 Å². The standard InChI is InChI=1S/C16H27N3O/c1-4-14-9-18-8-6-5-7-15(18)10-19(14)11-16-12(2)17-20-13(16)3/h14-15H,4-11H2,1-3H3. The molecular formula is C16H27N3O. The van der Waals surface area contributed by atoms with Crippen molar-refractivity contribution in [2.45, 2.75) is 65.1 Å². The molecular weight excluding hydrogens is 250 g/mol. The van der Waals surface area contributed by atoms with Crippen LogP contribution in [0.25, 0.3) is 0 Å². The lowest BCUT2D eigenvalue weighted by atomic mass is 9.95. The summed E-state index contributed by atoms with van der Waals surface area (Å²) in [6.45, 7) is 11.2. The maximum absolute atomic E-state index is 5.33. The van der Waals surface area contributed by atoms with Crippen molar-refractivity contribution >= 4 is 0 Å². The lowest BCUT2D eigenvalue weighted by Gasteiger charge is -2.48. The van der Waals surface area contributed by atoms with Gasteiger partial charge in [-0.2, -0.15) is 0 Å². The smallest absolute Gasteiger partial charge is 0.138 e. The Morgan fingerprint density at radius 1 is 1.25 bits per heavy atom. The molecule has 2 unspecified atom stereocenters. The molecule has 2 aliphatic heterocycles. The number of piperidine rings is 1. The Labute approximate surface area is 122 Å². The van der Waals surface area contributed by atoms with E-state index < -0.39 is 0 Å². The Morgan fingerprint density at radius 3 is 2.80 bits per heavy atom. The van der Waals surface area contributed by atoms with Crippen LogP contribution < -0.4 is 0 Å². The molecule has 0 spiro atoms. The number of hydrogen-bond acceptors (Lipinski definition) is 4. The van der Waals surface area contributed by atoms with Crippen molar-refractivity contribution in [3.8, 4) is 0 Å². The summed E-state index contributed by atoms with van der Waals surface area (Å²) in [5.41, 5.74) is 2.36. The zero-order chi connectivity index (χ0) is 14.1. The van der Waals surface area contributed by atoms with E-state index in [9.17, 15) is 0 Å². The van der Waals surface area contributed by atoms with Crippen molar-refractivity contribution in [2.24, 2.45) is 0 Å². The van der Waals surface area contributed by atoms with E-state index in [1.165, 1.54) is 50.9 Å². The first-order valence-electron chi connectivity index (χ1n) is 8.09. The van der Waals surface area contributed by atoms with Gasteiger partial charge in [0.05, 0.1) is 5.69 Å². The molecule has 3 heterocycles. The zero-order valence-corrected chi connectivity index (χ0v) is 13.1. The topological polar surface area (TPSA) is 32.5 Å². The average molecular weight is 277 g/mol. The number of fused-ring (bicyclic) bond motifs is 1. The molecule has 0 bridgehead atoms. The van der Waals surface area contributed by atoms with Gasteiger partial charge in [0.15, 0.2) is 0 Å². The molecule has 4 heteroatoms. The van der Waals surface area contributed by atoms with Crippen molar-refractivity contribution in [1.29, 1.82) is 0 Å². The molecule has 2 aliphatic rings. The second-order valence-electron chi connectivity index (χ2n) is 6.44. The molecule has 0 amide bonds. The van der Waals surface area contributed by atoms with Gasteiger partial charge in [-0.3, -0.25) is 9.80 Å². The van der Waals surface area contributed by atoms with Gasteiger partial charge in [-0.15, -0.1) is 0 Å². The molecule has 4 nitrogen and oxygen atoms in total. The van der Waals surface area contributed by atoms with Gasteiger partial charge in [0.1, 0.15) is 5.76 Å². The largest absolute Gasteiger partial charge is 0.361 e. The number of aryl methyl sites for hydroxylation is 2. The van der Waals surface area contributed by atoms with Crippen LogP contribution in [0.1, 0.15) is 49.6 Å². The Kier molecular flexibility index (Phi) is 4.13. The first-order chi connectivity index (χ1) is 9.69. The van der Waals surface area contributed by atoms with Crippen LogP contribution in [-0.4, -0.2) is 46.7 Å². The lowest BCUT2D eigenvalue weighted by molar-refractivity contribution is 0.00301. The molecule has 0 N–H and O–H groups in total. The fraction of sp³-hybridized carbons (Fsp3) is 0.812. The molecule has 0 aromatic carbocycles. The summed E-state index contributed by atoms with van der Waals surface area (Å²) in [7, 11) is 0.